The molecule has 6 nitrogen and oxygen atoms in total. The first kappa shape index (κ1) is 14.3. The zero-order chi connectivity index (χ0) is 14.4. The van der Waals surface area contributed by atoms with Crippen LogP contribution in [0.25, 0.3) is 0 Å². The lowest BCUT2D eigenvalue weighted by Gasteiger charge is -2.06. The van der Waals surface area contributed by atoms with Gasteiger partial charge in [-0.05, 0) is 30.7 Å². The highest BCUT2D eigenvalue weighted by Gasteiger charge is 2.12. The van der Waals surface area contributed by atoms with Crippen LogP contribution in [-0.4, -0.2) is 29.8 Å². The summed E-state index contributed by atoms with van der Waals surface area (Å²) in [6.45, 7) is 2.74. The van der Waals surface area contributed by atoms with Gasteiger partial charge < -0.3 is 15.4 Å². The summed E-state index contributed by atoms with van der Waals surface area (Å²) in [5.41, 5.74) is 0.694. The SMILES string of the molecule is CCCOc1ccc(NC(=O)c2nnc(NC)s2)cc1. The lowest BCUT2D eigenvalue weighted by atomic mass is 10.3. The summed E-state index contributed by atoms with van der Waals surface area (Å²) >= 11 is 1.20. The molecule has 0 aliphatic heterocycles. The first-order chi connectivity index (χ1) is 9.72. The fraction of sp³-hybridized carbons (Fsp3) is 0.308. The van der Waals surface area contributed by atoms with E-state index in [-0.39, 0.29) is 5.91 Å². The van der Waals surface area contributed by atoms with Crippen molar-refractivity contribution in [3.8, 4) is 5.75 Å². The van der Waals surface area contributed by atoms with Crippen LogP contribution < -0.4 is 15.4 Å². The van der Waals surface area contributed by atoms with Crippen LogP contribution in [0.2, 0.25) is 0 Å². The number of anilines is 2. The highest BCUT2D eigenvalue weighted by Crippen LogP contribution is 2.19. The number of nitrogens with zero attached hydrogens (tertiary/aromatic N) is 2. The third-order valence-electron chi connectivity index (χ3n) is 2.42. The Balaban J connectivity index is 1.97. The molecule has 0 aliphatic rings. The Morgan fingerprint density at radius 1 is 1.30 bits per heavy atom. The molecule has 0 aliphatic carbocycles. The topological polar surface area (TPSA) is 76.1 Å². The van der Waals surface area contributed by atoms with E-state index in [9.17, 15) is 4.79 Å². The summed E-state index contributed by atoms with van der Waals surface area (Å²) in [7, 11) is 1.73. The molecule has 0 saturated carbocycles. The second-order valence-corrected chi connectivity index (χ2v) is 4.97. The fourth-order valence-corrected chi connectivity index (χ4v) is 2.05. The van der Waals surface area contributed by atoms with Crippen LogP contribution in [0, 0.1) is 0 Å². The van der Waals surface area contributed by atoms with Crippen molar-refractivity contribution in [2.24, 2.45) is 0 Å². The Labute approximate surface area is 121 Å². The third-order valence-corrected chi connectivity index (χ3v) is 3.36. The molecule has 0 saturated heterocycles. The van der Waals surface area contributed by atoms with Gasteiger partial charge in [-0.25, -0.2) is 0 Å². The Hall–Kier alpha value is -2.15. The van der Waals surface area contributed by atoms with Gasteiger partial charge in [0.2, 0.25) is 10.1 Å². The summed E-state index contributed by atoms with van der Waals surface area (Å²) in [6.07, 6.45) is 0.962. The predicted molar refractivity (Wildman–Crippen MR) is 79.6 cm³/mol. The van der Waals surface area contributed by atoms with Crippen molar-refractivity contribution in [3.05, 3.63) is 29.3 Å². The minimum Gasteiger partial charge on any atom is -0.494 e. The summed E-state index contributed by atoms with van der Waals surface area (Å²) in [5, 5.41) is 14.2. The van der Waals surface area contributed by atoms with Crippen molar-refractivity contribution < 1.29 is 9.53 Å². The first-order valence-electron chi connectivity index (χ1n) is 6.28. The van der Waals surface area contributed by atoms with Gasteiger partial charge in [0.1, 0.15) is 5.75 Å². The molecule has 0 spiro atoms. The molecule has 7 heteroatoms. The molecule has 0 unspecified atom stereocenters. The Kier molecular flexibility index (Phi) is 4.89. The van der Waals surface area contributed by atoms with E-state index in [2.05, 4.69) is 27.8 Å². The molecule has 2 rings (SSSR count). The van der Waals surface area contributed by atoms with Crippen LogP contribution in [0.4, 0.5) is 10.8 Å². The summed E-state index contributed by atoms with van der Waals surface area (Å²) < 4.78 is 5.48. The molecular weight excluding hydrogens is 276 g/mol. The van der Waals surface area contributed by atoms with Crippen LogP contribution >= 0.6 is 11.3 Å². The van der Waals surface area contributed by atoms with E-state index in [1.165, 1.54) is 11.3 Å². The first-order valence-corrected chi connectivity index (χ1v) is 7.10. The molecule has 1 heterocycles. The molecule has 0 bridgehead atoms. The van der Waals surface area contributed by atoms with Gasteiger partial charge in [-0.1, -0.05) is 18.3 Å². The van der Waals surface area contributed by atoms with E-state index >= 15 is 0 Å². The van der Waals surface area contributed by atoms with Gasteiger partial charge in [-0.3, -0.25) is 4.79 Å². The van der Waals surface area contributed by atoms with Gasteiger partial charge in [-0.2, -0.15) is 0 Å². The van der Waals surface area contributed by atoms with Crippen LogP contribution in [-0.2, 0) is 0 Å². The van der Waals surface area contributed by atoms with E-state index in [4.69, 9.17) is 4.74 Å². The molecular formula is C13H16N4O2S. The van der Waals surface area contributed by atoms with Crippen molar-refractivity contribution >= 4 is 28.1 Å². The molecule has 1 aromatic heterocycles. The Morgan fingerprint density at radius 3 is 2.65 bits per heavy atom. The molecule has 0 atom stereocenters. The van der Waals surface area contributed by atoms with E-state index in [1.54, 1.807) is 19.2 Å². The minimum absolute atomic E-state index is 0.272. The summed E-state index contributed by atoms with van der Waals surface area (Å²) in [6, 6.07) is 7.24. The van der Waals surface area contributed by atoms with Crippen molar-refractivity contribution in [1.29, 1.82) is 0 Å². The number of hydrogen-bond acceptors (Lipinski definition) is 6. The highest BCUT2D eigenvalue weighted by atomic mass is 32.1. The maximum absolute atomic E-state index is 11.9. The highest BCUT2D eigenvalue weighted by molar-refractivity contribution is 7.17. The van der Waals surface area contributed by atoms with Gasteiger partial charge in [0.05, 0.1) is 6.61 Å². The molecule has 20 heavy (non-hydrogen) atoms. The van der Waals surface area contributed by atoms with Crippen molar-refractivity contribution in [2.75, 3.05) is 24.3 Å². The summed E-state index contributed by atoms with van der Waals surface area (Å²) in [5.74, 6) is 0.518. The average Bonchev–Trinajstić information content (AvgIpc) is 2.95. The molecule has 1 amide bonds. The fourth-order valence-electron chi connectivity index (χ4n) is 1.45. The van der Waals surface area contributed by atoms with Gasteiger partial charge in [-0.15, -0.1) is 10.2 Å². The van der Waals surface area contributed by atoms with Gasteiger partial charge in [0.25, 0.3) is 5.91 Å². The number of ether oxygens (including phenoxy) is 1. The van der Waals surface area contributed by atoms with E-state index in [0.717, 1.165) is 12.2 Å². The third kappa shape index (κ3) is 3.67. The predicted octanol–water partition coefficient (Wildman–Crippen LogP) is 2.62. The average molecular weight is 292 g/mol. The number of rotatable bonds is 6. The van der Waals surface area contributed by atoms with E-state index < -0.39 is 0 Å². The largest absolute Gasteiger partial charge is 0.494 e. The molecule has 106 valence electrons. The smallest absolute Gasteiger partial charge is 0.286 e. The normalized spacial score (nSPS) is 10.1. The van der Waals surface area contributed by atoms with Gasteiger partial charge in [0.15, 0.2) is 0 Å². The number of carbonyl (C=O) groups excluding carboxylic acids is 1. The maximum Gasteiger partial charge on any atom is 0.286 e. The minimum atomic E-state index is -0.272. The van der Waals surface area contributed by atoms with E-state index in [1.807, 2.05) is 12.1 Å². The number of benzene rings is 1. The van der Waals surface area contributed by atoms with Crippen LogP contribution in [0.5, 0.6) is 5.75 Å². The van der Waals surface area contributed by atoms with Crippen molar-refractivity contribution in [2.45, 2.75) is 13.3 Å². The van der Waals surface area contributed by atoms with Crippen LogP contribution in [0.1, 0.15) is 23.1 Å². The molecule has 2 aromatic rings. The molecule has 2 N–H and O–H groups in total. The Morgan fingerprint density at radius 2 is 2.05 bits per heavy atom. The maximum atomic E-state index is 11.9. The number of hydrogen-bond donors (Lipinski definition) is 2. The van der Waals surface area contributed by atoms with Gasteiger partial charge >= 0.3 is 0 Å². The molecule has 0 radical (unpaired) electrons. The lowest BCUT2D eigenvalue weighted by molar-refractivity contribution is 0.102. The number of amides is 1. The second kappa shape index (κ2) is 6.85. The van der Waals surface area contributed by atoms with Gasteiger partial charge in [0, 0.05) is 12.7 Å². The summed E-state index contributed by atoms with van der Waals surface area (Å²) in [4.78, 5) is 11.9. The van der Waals surface area contributed by atoms with Crippen LogP contribution in [0.3, 0.4) is 0 Å². The zero-order valence-electron chi connectivity index (χ0n) is 11.3. The quantitative estimate of drug-likeness (QED) is 0.856. The molecule has 0 fully saturated rings. The number of aromatic nitrogens is 2. The molecule has 1 aromatic carbocycles. The second-order valence-electron chi connectivity index (χ2n) is 3.99. The van der Waals surface area contributed by atoms with E-state index in [0.29, 0.717) is 22.4 Å². The van der Waals surface area contributed by atoms with Crippen molar-refractivity contribution in [1.82, 2.24) is 10.2 Å². The lowest BCUT2D eigenvalue weighted by Crippen LogP contribution is -2.11. The zero-order valence-corrected chi connectivity index (χ0v) is 12.2. The number of carbonyl (C=O) groups is 1. The van der Waals surface area contributed by atoms with Crippen molar-refractivity contribution in [3.63, 3.8) is 0 Å². The standard InChI is InChI=1S/C13H16N4O2S/c1-3-8-19-10-6-4-9(5-7-10)15-11(18)12-16-17-13(14-2)20-12/h4-7H,3,8H2,1-2H3,(H,14,17)(H,15,18). The Bertz CT molecular complexity index is 568. The number of nitrogens with one attached hydrogen (secondary N) is 2. The van der Waals surface area contributed by atoms with Crippen LogP contribution in [0.15, 0.2) is 24.3 Å². The monoisotopic (exact) mass is 292 g/mol.